The molecule has 0 aliphatic rings. The molecule has 0 fully saturated rings. The Morgan fingerprint density at radius 2 is 2.17 bits per heavy atom. The van der Waals surface area contributed by atoms with Crippen LogP contribution >= 0.6 is 11.6 Å². The van der Waals surface area contributed by atoms with Crippen LogP contribution in [0.1, 0.15) is 5.56 Å². The fraction of sp³-hybridized carbons (Fsp3) is 0.0455. The van der Waals surface area contributed by atoms with Crippen LogP contribution in [0, 0.1) is 11.3 Å². The Balaban J connectivity index is 1.90. The summed E-state index contributed by atoms with van der Waals surface area (Å²) in [7, 11) is 0. The molecular weight excluding hydrogens is 388 g/mol. The first-order chi connectivity index (χ1) is 14.1. The number of fused-ring (bicyclic) bond motifs is 1. The van der Waals surface area contributed by atoms with Gasteiger partial charge in [-0.25, -0.2) is 0 Å². The van der Waals surface area contributed by atoms with Gasteiger partial charge in [0.1, 0.15) is 29.7 Å². The summed E-state index contributed by atoms with van der Waals surface area (Å²) in [6.45, 7) is 7.42. The Hall–Kier alpha value is -3.82. The maximum atomic E-state index is 10.0. The molecule has 0 atom stereocenters. The first-order valence-electron chi connectivity index (χ1n) is 8.57. The highest BCUT2D eigenvalue weighted by Gasteiger charge is 2.12. The number of phenolic OH excluding ortho intramolecular Hbond substituents is 1. The summed E-state index contributed by atoms with van der Waals surface area (Å²) in [5, 5.41) is 23.7. The van der Waals surface area contributed by atoms with Crippen LogP contribution in [0.3, 0.4) is 0 Å². The summed E-state index contributed by atoms with van der Waals surface area (Å²) in [6, 6.07) is 12.3. The van der Waals surface area contributed by atoms with Gasteiger partial charge in [0.2, 0.25) is 0 Å². The number of benzene rings is 2. The molecule has 0 aliphatic heterocycles. The topological polar surface area (TPSA) is 90.5 Å². The second kappa shape index (κ2) is 8.91. The van der Waals surface area contributed by atoms with Crippen molar-refractivity contribution >= 4 is 39.6 Å². The molecule has 3 aromatic rings. The number of rotatable bonds is 7. The molecule has 7 heteroatoms. The lowest BCUT2D eigenvalue weighted by Gasteiger charge is -2.14. The van der Waals surface area contributed by atoms with Crippen molar-refractivity contribution < 1.29 is 9.84 Å². The molecule has 0 saturated carbocycles. The van der Waals surface area contributed by atoms with E-state index in [9.17, 15) is 10.4 Å². The Bertz CT molecular complexity index is 1170. The zero-order valence-corrected chi connectivity index (χ0v) is 16.1. The van der Waals surface area contributed by atoms with Gasteiger partial charge in [0, 0.05) is 23.5 Å². The largest absolute Gasteiger partial charge is 0.506 e. The van der Waals surface area contributed by atoms with Gasteiger partial charge in [0.25, 0.3) is 0 Å². The Labute approximate surface area is 173 Å². The van der Waals surface area contributed by atoms with E-state index in [0.29, 0.717) is 44.3 Å². The third-order valence-corrected chi connectivity index (χ3v) is 4.36. The predicted molar refractivity (Wildman–Crippen MR) is 116 cm³/mol. The van der Waals surface area contributed by atoms with Crippen LogP contribution in [0.2, 0.25) is 5.02 Å². The number of nitriles is 1. The van der Waals surface area contributed by atoms with Gasteiger partial charge >= 0.3 is 0 Å². The molecule has 1 aromatic heterocycles. The number of ether oxygens (including phenoxy) is 1. The van der Waals surface area contributed by atoms with Crippen LogP contribution in [-0.4, -0.2) is 22.4 Å². The normalized spacial score (nSPS) is 11.0. The van der Waals surface area contributed by atoms with Gasteiger partial charge < -0.3 is 15.2 Å². The van der Waals surface area contributed by atoms with Gasteiger partial charge in [0.05, 0.1) is 22.0 Å². The molecule has 2 N–H and O–H groups in total. The molecule has 0 amide bonds. The van der Waals surface area contributed by atoms with Crippen LogP contribution in [0.15, 0.2) is 73.0 Å². The van der Waals surface area contributed by atoms with Gasteiger partial charge in [-0.1, -0.05) is 36.9 Å². The number of anilines is 2. The molecule has 0 unspecified atom stereocenters. The molecule has 29 heavy (non-hydrogen) atoms. The van der Waals surface area contributed by atoms with Crippen molar-refractivity contribution in [3.05, 3.63) is 78.6 Å². The highest BCUT2D eigenvalue weighted by molar-refractivity contribution is 6.32. The summed E-state index contributed by atoms with van der Waals surface area (Å²) < 4.78 is 5.67. The molecule has 0 radical (unpaired) electrons. The Morgan fingerprint density at radius 1 is 1.34 bits per heavy atom. The minimum absolute atomic E-state index is 0.0380. The molecule has 0 saturated heterocycles. The zero-order valence-electron chi connectivity index (χ0n) is 15.4. The van der Waals surface area contributed by atoms with E-state index in [4.69, 9.17) is 16.3 Å². The maximum Gasteiger partial charge on any atom is 0.141 e. The SMILES string of the molecule is C=CN=C(C=C)COc1ccc(Nc2c(C#N)cnc3c(O)cccc23)cc1Cl. The van der Waals surface area contributed by atoms with Crippen molar-refractivity contribution in [1.29, 1.82) is 5.26 Å². The fourth-order valence-corrected chi connectivity index (χ4v) is 2.92. The molecule has 0 bridgehead atoms. The minimum atomic E-state index is 0.0380. The lowest BCUT2D eigenvalue weighted by Crippen LogP contribution is -2.08. The standard InChI is InChI=1S/C22H17ClN4O2/c1-3-15(25-4-2)13-29-20-9-8-16(10-18(20)23)27-21-14(11-24)12-26-22-17(21)6-5-7-19(22)28/h3-10,12,28H,1-2,13H2,(H,26,27). The van der Waals surface area contributed by atoms with Crippen LogP contribution in [0.4, 0.5) is 11.4 Å². The number of nitrogens with zero attached hydrogens (tertiary/aromatic N) is 3. The number of para-hydroxylation sites is 1. The monoisotopic (exact) mass is 404 g/mol. The highest BCUT2D eigenvalue weighted by Crippen LogP contribution is 2.34. The summed E-state index contributed by atoms with van der Waals surface area (Å²) in [5.74, 6) is 0.518. The van der Waals surface area contributed by atoms with Gasteiger partial charge in [-0.15, -0.1) is 0 Å². The van der Waals surface area contributed by atoms with E-state index in [1.165, 1.54) is 12.4 Å². The highest BCUT2D eigenvalue weighted by atomic mass is 35.5. The molecule has 0 spiro atoms. The van der Waals surface area contributed by atoms with E-state index in [0.717, 1.165) is 0 Å². The average Bonchev–Trinajstić information content (AvgIpc) is 2.73. The number of aliphatic imine (C=N–C) groups is 1. The third kappa shape index (κ3) is 4.37. The van der Waals surface area contributed by atoms with E-state index in [2.05, 4.69) is 34.5 Å². The van der Waals surface area contributed by atoms with Gasteiger partial charge in [-0.3, -0.25) is 9.98 Å². The van der Waals surface area contributed by atoms with Crippen molar-refractivity contribution in [2.24, 2.45) is 4.99 Å². The molecular formula is C22H17ClN4O2. The van der Waals surface area contributed by atoms with Gasteiger partial charge in [-0.2, -0.15) is 5.26 Å². The van der Waals surface area contributed by atoms with Crippen molar-refractivity contribution in [3.63, 3.8) is 0 Å². The summed E-state index contributed by atoms with van der Waals surface area (Å²) in [6.07, 6.45) is 4.41. The fourth-order valence-electron chi connectivity index (χ4n) is 2.68. The molecule has 0 aliphatic carbocycles. The minimum Gasteiger partial charge on any atom is -0.506 e. The summed E-state index contributed by atoms with van der Waals surface area (Å²) >= 11 is 6.35. The number of aromatic nitrogens is 1. The summed E-state index contributed by atoms with van der Waals surface area (Å²) in [5.41, 5.74) is 2.55. The second-order valence-corrected chi connectivity index (χ2v) is 6.31. The van der Waals surface area contributed by atoms with E-state index in [-0.39, 0.29) is 12.4 Å². The number of hydrogen-bond donors (Lipinski definition) is 2. The van der Waals surface area contributed by atoms with E-state index in [1.807, 2.05) is 0 Å². The number of hydrogen-bond acceptors (Lipinski definition) is 6. The number of nitrogens with one attached hydrogen (secondary N) is 1. The molecule has 1 heterocycles. The van der Waals surface area contributed by atoms with Gasteiger partial charge in [0.15, 0.2) is 0 Å². The van der Waals surface area contributed by atoms with E-state index < -0.39 is 0 Å². The van der Waals surface area contributed by atoms with E-state index in [1.54, 1.807) is 42.5 Å². The van der Waals surface area contributed by atoms with Crippen molar-refractivity contribution in [1.82, 2.24) is 4.98 Å². The van der Waals surface area contributed by atoms with Crippen LogP contribution in [-0.2, 0) is 0 Å². The zero-order chi connectivity index (χ0) is 20.8. The molecule has 6 nitrogen and oxygen atoms in total. The summed E-state index contributed by atoms with van der Waals surface area (Å²) in [4.78, 5) is 8.21. The van der Waals surface area contributed by atoms with Crippen molar-refractivity contribution in [3.8, 4) is 17.6 Å². The number of halogens is 1. The van der Waals surface area contributed by atoms with E-state index >= 15 is 0 Å². The third-order valence-electron chi connectivity index (χ3n) is 4.07. The number of pyridine rings is 1. The van der Waals surface area contributed by atoms with Crippen LogP contribution in [0.5, 0.6) is 11.5 Å². The lowest BCUT2D eigenvalue weighted by atomic mass is 10.1. The number of phenols is 1. The molecule has 144 valence electrons. The average molecular weight is 405 g/mol. The smallest absolute Gasteiger partial charge is 0.141 e. The van der Waals surface area contributed by atoms with Gasteiger partial charge in [-0.05, 0) is 30.3 Å². The van der Waals surface area contributed by atoms with Crippen LogP contribution < -0.4 is 10.1 Å². The first-order valence-corrected chi connectivity index (χ1v) is 8.95. The maximum absolute atomic E-state index is 10.0. The number of aromatic hydroxyl groups is 1. The first kappa shape index (κ1) is 19.9. The Morgan fingerprint density at radius 3 is 2.86 bits per heavy atom. The Kier molecular flexibility index (Phi) is 6.12. The van der Waals surface area contributed by atoms with Crippen molar-refractivity contribution in [2.75, 3.05) is 11.9 Å². The second-order valence-electron chi connectivity index (χ2n) is 5.90. The van der Waals surface area contributed by atoms with Crippen LogP contribution in [0.25, 0.3) is 10.9 Å². The predicted octanol–water partition coefficient (Wildman–Crippen LogP) is 5.36. The molecule has 3 rings (SSSR count). The lowest BCUT2D eigenvalue weighted by molar-refractivity contribution is 0.377. The van der Waals surface area contributed by atoms with Crippen molar-refractivity contribution in [2.45, 2.75) is 0 Å². The quantitative estimate of drug-likeness (QED) is 0.517. The molecule has 2 aromatic carbocycles.